The molecule has 1 aliphatic rings. The van der Waals surface area contributed by atoms with E-state index in [1.54, 1.807) is 6.08 Å². The van der Waals surface area contributed by atoms with E-state index in [4.69, 9.17) is 51.8 Å². The molecule has 1 aliphatic heterocycles. The summed E-state index contributed by atoms with van der Waals surface area (Å²) in [4.78, 5) is 26.8. The highest BCUT2D eigenvalue weighted by Crippen LogP contribution is 2.34. The number of benzene rings is 2. The Bertz CT molecular complexity index is 1040. The van der Waals surface area contributed by atoms with E-state index in [1.807, 2.05) is 31.2 Å². The van der Waals surface area contributed by atoms with E-state index < -0.39 is 5.91 Å². The number of hydrogen-bond donors (Lipinski definition) is 1. The van der Waals surface area contributed by atoms with Crippen molar-refractivity contribution < 1.29 is 14.3 Å². The van der Waals surface area contributed by atoms with Crippen LogP contribution < -0.4 is 10.1 Å². The molecule has 3 rings (SSSR count). The van der Waals surface area contributed by atoms with Crippen LogP contribution in [-0.4, -0.2) is 34.2 Å². The number of thioether (sulfide) groups is 1. The topological polar surface area (TPSA) is 58.6 Å². The molecule has 1 N–H and O–H groups in total. The highest BCUT2D eigenvalue weighted by Gasteiger charge is 2.33. The molecule has 1 saturated heterocycles. The predicted octanol–water partition coefficient (Wildman–Crippen LogP) is 5.89. The lowest BCUT2D eigenvalue weighted by Gasteiger charge is -2.15. The van der Waals surface area contributed by atoms with Crippen molar-refractivity contribution in [2.24, 2.45) is 0 Å². The van der Waals surface area contributed by atoms with Crippen LogP contribution >= 0.6 is 58.8 Å². The van der Waals surface area contributed by atoms with Crippen molar-refractivity contribution in [2.75, 3.05) is 18.5 Å². The van der Waals surface area contributed by atoms with E-state index in [-0.39, 0.29) is 27.5 Å². The molecule has 1 heterocycles. The maximum absolute atomic E-state index is 12.7. The number of nitrogens with zero attached hydrogens (tertiary/aromatic N) is 1. The van der Waals surface area contributed by atoms with E-state index >= 15 is 0 Å². The van der Waals surface area contributed by atoms with Crippen LogP contribution in [0.2, 0.25) is 15.1 Å². The molecule has 0 saturated carbocycles. The molecule has 156 valence electrons. The minimum atomic E-state index is -0.464. The van der Waals surface area contributed by atoms with Crippen molar-refractivity contribution in [3.8, 4) is 5.75 Å². The van der Waals surface area contributed by atoms with Crippen LogP contribution in [0.1, 0.15) is 12.5 Å². The first-order valence-electron chi connectivity index (χ1n) is 8.71. The molecule has 0 spiro atoms. The van der Waals surface area contributed by atoms with Crippen molar-refractivity contribution in [3.05, 3.63) is 61.9 Å². The van der Waals surface area contributed by atoms with Gasteiger partial charge in [0.15, 0.2) is 0 Å². The molecule has 10 heteroatoms. The molecule has 0 atom stereocenters. The van der Waals surface area contributed by atoms with Crippen LogP contribution in [0.5, 0.6) is 5.75 Å². The van der Waals surface area contributed by atoms with Crippen LogP contribution in [0, 0.1) is 0 Å². The normalized spacial score (nSPS) is 15.1. The molecule has 0 radical (unpaired) electrons. The summed E-state index contributed by atoms with van der Waals surface area (Å²) in [7, 11) is 0. The maximum Gasteiger partial charge on any atom is 0.266 e. The number of amides is 2. The van der Waals surface area contributed by atoms with Gasteiger partial charge in [0.25, 0.3) is 5.91 Å². The van der Waals surface area contributed by atoms with Gasteiger partial charge in [-0.25, -0.2) is 0 Å². The number of hydrogen-bond acceptors (Lipinski definition) is 5. The summed E-state index contributed by atoms with van der Waals surface area (Å²) in [5.41, 5.74) is 1.12. The van der Waals surface area contributed by atoms with Gasteiger partial charge in [-0.1, -0.05) is 70.9 Å². The summed E-state index contributed by atoms with van der Waals surface area (Å²) < 4.78 is 5.71. The summed E-state index contributed by atoms with van der Waals surface area (Å²) in [6, 6.07) is 10.2. The van der Waals surface area contributed by atoms with E-state index in [9.17, 15) is 9.59 Å². The largest absolute Gasteiger partial charge is 0.494 e. The molecule has 0 bridgehead atoms. The number of carbonyl (C=O) groups excluding carboxylic acids is 2. The number of thiocarbonyl (C=S) groups is 1. The second-order valence-corrected chi connectivity index (χ2v) is 8.96. The monoisotopic (exact) mass is 500 g/mol. The van der Waals surface area contributed by atoms with Crippen molar-refractivity contribution in [3.63, 3.8) is 0 Å². The number of nitrogens with one attached hydrogen (secondary N) is 1. The first-order valence-corrected chi connectivity index (χ1v) is 11.1. The zero-order valence-corrected chi connectivity index (χ0v) is 19.5. The first kappa shape index (κ1) is 22.9. The zero-order chi connectivity index (χ0) is 21.8. The fraction of sp³-hybridized carbons (Fsp3) is 0.150. The Morgan fingerprint density at radius 2 is 1.83 bits per heavy atom. The lowest BCUT2D eigenvalue weighted by Crippen LogP contribution is -2.36. The molecule has 0 aromatic heterocycles. The van der Waals surface area contributed by atoms with Crippen LogP contribution in [-0.2, 0) is 9.59 Å². The minimum absolute atomic E-state index is 0.235. The second-order valence-electron chi connectivity index (χ2n) is 6.06. The maximum atomic E-state index is 12.7. The van der Waals surface area contributed by atoms with Crippen LogP contribution in [0.3, 0.4) is 0 Å². The lowest BCUT2D eigenvalue weighted by molar-refractivity contribution is -0.126. The Hall–Kier alpha value is -1.77. The molecule has 2 aromatic carbocycles. The minimum Gasteiger partial charge on any atom is -0.494 e. The molecule has 5 nitrogen and oxygen atoms in total. The standard InChI is InChI=1S/C20H15Cl3N2O3S2/c1-2-28-12-5-3-11(4-6-12)7-17-19(27)25(20(29)30-17)10-18(26)24-16-9-14(22)13(21)8-15(16)23/h3-9H,2,10H2,1H3,(H,24,26)/b17-7-. The Morgan fingerprint density at radius 3 is 2.50 bits per heavy atom. The number of anilines is 1. The van der Waals surface area contributed by atoms with Gasteiger partial charge in [0.05, 0.1) is 32.3 Å². The third-order valence-corrected chi connectivity index (χ3v) is 6.36. The van der Waals surface area contributed by atoms with Crippen molar-refractivity contribution >= 4 is 86.7 Å². The van der Waals surface area contributed by atoms with Gasteiger partial charge in [0.2, 0.25) is 5.91 Å². The summed E-state index contributed by atoms with van der Waals surface area (Å²) >= 11 is 24.3. The van der Waals surface area contributed by atoms with Crippen LogP contribution in [0.15, 0.2) is 41.3 Å². The van der Waals surface area contributed by atoms with Crippen molar-refractivity contribution in [1.82, 2.24) is 4.90 Å². The highest BCUT2D eigenvalue weighted by molar-refractivity contribution is 8.26. The van der Waals surface area contributed by atoms with E-state index in [0.29, 0.717) is 21.5 Å². The number of ether oxygens (including phenoxy) is 1. The Morgan fingerprint density at radius 1 is 1.17 bits per heavy atom. The molecular weight excluding hydrogens is 487 g/mol. The van der Waals surface area contributed by atoms with Gasteiger partial charge in [0.1, 0.15) is 16.6 Å². The van der Waals surface area contributed by atoms with Crippen LogP contribution in [0.25, 0.3) is 6.08 Å². The fourth-order valence-electron chi connectivity index (χ4n) is 2.57. The highest BCUT2D eigenvalue weighted by atomic mass is 35.5. The third-order valence-electron chi connectivity index (χ3n) is 3.95. The fourth-order valence-corrected chi connectivity index (χ4v) is 4.42. The summed E-state index contributed by atoms with van der Waals surface area (Å²) in [6.07, 6.45) is 1.72. The average Bonchev–Trinajstić information content (AvgIpc) is 2.95. The smallest absolute Gasteiger partial charge is 0.266 e. The molecule has 1 fully saturated rings. The molecule has 2 aromatic rings. The summed E-state index contributed by atoms with van der Waals surface area (Å²) in [6.45, 7) is 2.24. The second kappa shape index (κ2) is 10.0. The molecule has 30 heavy (non-hydrogen) atoms. The van der Waals surface area contributed by atoms with Gasteiger partial charge in [-0.05, 0) is 42.8 Å². The first-order chi connectivity index (χ1) is 14.3. The quantitative estimate of drug-likeness (QED) is 0.304. The van der Waals surface area contributed by atoms with Crippen molar-refractivity contribution in [1.29, 1.82) is 0 Å². The number of carbonyl (C=O) groups is 2. The SMILES string of the molecule is CCOc1ccc(/C=C2\SC(=S)N(CC(=O)Nc3cc(Cl)c(Cl)cc3Cl)C2=O)cc1. The number of rotatable bonds is 6. The Balaban J connectivity index is 1.68. The lowest BCUT2D eigenvalue weighted by atomic mass is 10.2. The molecule has 0 aliphatic carbocycles. The molecule has 2 amide bonds. The predicted molar refractivity (Wildman–Crippen MR) is 128 cm³/mol. The van der Waals surface area contributed by atoms with Gasteiger partial charge in [-0.15, -0.1) is 0 Å². The Kier molecular flexibility index (Phi) is 7.65. The third kappa shape index (κ3) is 5.47. The van der Waals surface area contributed by atoms with Gasteiger partial charge >= 0.3 is 0 Å². The van der Waals surface area contributed by atoms with Gasteiger partial charge < -0.3 is 10.1 Å². The summed E-state index contributed by atoms with van der Waals surface area (Å²) in [5, 5.41) is 3.38. The van der Waals surface area contributed by atoms with Gasteiger partial charge in [0, 0.05) is 0 Å². The van der Waals surface area contributed by atoms with E-state index in [0.717, 1.165) is 23.1 Å². The van der Waals surface area contributed by atoms with E-state index in [2.05, 4.69) is 5.32 Å². The summed E-state index contributed by atoms with van der Waals surface area (Å²) in [5.74, 6) is -0.0528. The molecular formula is C20H15Cl3N2O3S2. The van der Waals surface area contributed by atoms with Gasteiger partial charge in [-0.3, -0.25) is 14.5 Å². The van der Waals surface area contributed by atoms with Gasteiger partial charge in [-0.2, -0.15) is 0 Å². The van der Waals surface area contributed by atoms with Crippen molar-refractivity contribution in [2.45, 2.75) is 6.92 Å². The molecule has 0 unspecified atom stereocenters. The van der Waals surface area contributed by atoms with E-state index in [1.165, 1.54) is 17.0 Å². The average molecular weight is 502 g/mol. The Labute approximate surface area is 198 Å². The number of halogens is 3. The zero-order valence-electron chi connectivity index (χ0n) is 15.6. The van der Waals surface area contributed by atoms with Crippen LogP contribution in [0.4, 0.5) is 5.69 Å².